The van der Waals surface area contributed by atoms with Gasteiger partial charge in [-0.2, -0.15) is 0 Å². The van der Waals surface area contributed by atoms with E-state index in [1.165, 1.54) is 25.3 Å². The van der Waals surface area contributed by atoms with E-state index in [9.17, 15) is 18.0 Å². The predicted octanol–water partition coefficient (Wildman–Crippen LogP) is -0.251. The van der Waals surface area contributed by atoms with Gasteiger partial charge in [0.1, 0.15) is 5.75 Å². The third kappa shape index (κ3) is 1.87. The summed E-state index contributed by atoms with van der Waals surface area (Å²) in [6, 6.07) is 4.21. The summed E-state index contributed by atoms with van der Waals surface area (Å²) in [6.07, 6.45) is 0. The Balaban J connectivity index is 2.45. The van der Waals surface area contributed by atoms with Crippen molar-refractivity contribution in [3.63, 3.8) is 0 Å². The molecule has 90 valence electrons. The van der Waals surface area contributed by atoms with Crippen molar-refractivity contribution in [2.24, 2.45) is 0 Å². The highest BCUT2D eigenvalue weighted by molar-refractivity contribution is 7.67. The van der Waals surface area contributed by atoms with Crippen LogP contribution in [0.15, 0.2) is 18.2 Å². The molecule has 0 unspecified atom stereocenters. The lowest BCUT2D eigenvalue weighted by Gasteiger charge is -2.06. The number of ether oxygens (including phenoxy) is 1. The summed E-state index contributed by atoms with van der Waals surface area (Å²) >= 11 is 0. The van der Waals surface area contributed by atoms with Gasteiger partial charge in [-0.1, -0.05) is 0 Å². The van der Waals surface area contributed by atoms with Crippen molar-refractivity contribution in [1.29, 1.82) is 0 Å². The van der Waals surface area contributed by atoms with Gasteiger partial charge in [-0.25, -0.2) is 8.42 Å². The molecule has 1 aromatic rings. The summed E-state index contributed by atoms with van der Waals surface area (Å²) < 4.78 is 29.8. The van der Waals surface area contributed by atoms with Crippen molar-refractivity contribution in [3.8, 4) is 5.75 Å². The molecule has 1 aliphatic heterocycles. The summed E-state index contributed by atoms with van der Waals surface area (Å²) in [5, 5.41) is 0.204. The van der Waals surface area contributed by atoms with Crippen LogP contribution in [-0.4, -0.2) is 32.4 Å². The van der Waals surface area contributed by atoms with Gasteiger partial charge in [0, 0.05) is 0 Å². The van der Waals surface area contributed by atoms with E-state index >= 15 is 0 Å². The van der Waals surface area contributed by atoms with Crippen LogP contribution >= 0.6 is 0 Å². The molecule has 1 heterocycles. The molecule has 0 radical (unpaired) electrons. The van der Waals surface area contributed by atoms with Gasteiger partial charge in [0.2, 0.25) is 0 Å². The van der Waals surface area contributed by atoms with E-state index in [-0.39, 0.29) is 16.2 Å². The van der Waals surface area contributed by atoms with Gasteiger partial charge in [-0.3, -0.25) is 9.59 Å². The van der Waals surface area contributed by atoms with Crippen molar-refractivity contribution < 1.29 is 27.0 Å². The zero-order valence-corrected chi connectivity index (χ0v) is 9.47. The van der Waals surface area contributed by atoms with Crippen LogP contribution in [-0.2, 0) is 15.3 Å². The van der Waals surface area contributed by atoms with E-state index in [1.807, 2.05) is 0 Å². The number of hydroxylamine groups is 2. The summed E-state index contributed by atoms with van der Waals surface area (Å²) in [6.45, 7) is 0. The van der Waals surface area contributed by atoms with Gasteiger partial charge in [0.25, 0.3) is 22.8 Å². The molecule has 0 spiro atoms. The highest BCUT2D eigenvalue weighted by Gasteiger charge is 2.38. The number of carbonyl (C=O) groups is 2. The molecule has 1 aromatic carbocycles. The van der Waals surface area contributed by atoms with E-state index in [0.717, 1.165) is 0 Å². The van der Waals surface area contributed by atoms with Crippen LogP contribution in [0.4, 0.5) is 0 Å². The van der Waals surface area contributed by atoms with Crippen molar-refractivity contribution >= 4 is 22.8 Å². The fraction of sp³-hybridized carbons (Fsp3) is 0.111. The normalized spacial score (nSPS) is 14.4. The molecule has 7 nitrogen and oxygen atoms in total. The van der Waals surface area contributed by atoms with E-state index in [0.29, 0.717) is 5.75 Å². The Morgan fingerprint density at radius 1 is 1.12 bits per heavy atom. The lowest BCUT2D eigenvalue weighted by atomic mass is 10.1. The van der Waals surface area contributed by atoms with Crippen LogP contribution in [0.1, 0.15) is 20.7 Å². The number of benzene rings is 1. The molecule has 0 fully saturated rings. The van der Waals surface area contributed by atoms with E-state index in [4.69, 9.17) is 4.74 Å². The molecule has 0 bridgehead atoms. The summed E-state index contributed by atoms with van der Waals surface area (Å²) in [7, 11) is -1.92. The molecule has 0 N–H and O–H groups in total. The van der Waals surface area contributed by atoms with Crippen LogP contribution in [0.3, 0.4) is 0 Å². The van der Waals surface area contributed by atoms with Gasteiger partial charge in [-0.05, 0) is 18.2 Å². The summed E-state index contributed by atoms with van der Waals surface area (Å²) in [4.78, 5) is 23.3. The first kappa shape index (κ1) is 11.6. The number of nitrogens with zero attached hydrogens (tertiary/aromatic N) is 1. The second-order valence-corrected chi connectivity index (χ2v) is 3.73. The summed E-state index contributed by atoms with van der Waals surface area (Å²) in [5.41, 5.74) is 0.124. The summed E-state index contributed by atoms with van der Waals surface area (Å²) in [5.74, 6) is -1.26. The number of rotatable bonds is 3. The molecule has 0 aromatic heterocycles. The standard InChI is InChI=1S/C9H7NO6S/c1-15-5-2-3-6-7(4-5)9(12)10(8(6)11)16-17(13)14/h2-4,17H,1H3. The van der Waals surface area contributed by atoms with E-state index in [1.54, 1.807) is 0 Å². The van der Waals surface area contributed by atoms with Crippen LogP contribution in [0.5, 0.6) is 5.75 Å². The van der Waals surface area contributed by atoms with Crippen molar-refractivity contribution in [1.82, 2.24) is 5.06 Å². The third-order valence-electron chi connectivity index (χ3n) is 2.20. The molecular formula is C9H7NO6S. The predicted molar refractivity (Wildman–Crippen MR) is 54.9 cm³/mol. The zero-order chi connectivity index (χ0) is 12.6. The fourth-order valence-electron chi connectivity index (χ4n) is 1.47. The molecule has 17 heavy (non-hydrogen) atoms. The number of hydrogen-bond acceptors (Lipinski definition) is 6. The van der Waals surface area contributed by atoms with Crippen LogP contribution in [0.25, 0.3) is 0 Å². The zero-order valence-electron chi connectivity index (χ0n) is 8.58. The van der Waals surface area contributed by atoms with Crippen LogP contribution < -0.4 is 4.74 Å². The van der Waals surface area contributed by atoms with Gasteiger partial charge in [0.05, 0.1) is 18.2 Å². The van der Waals surface area contributed by atoms with Crippen molar-refractivity contribution in [3.05, 3.63) is 29.3 Å². The minimum Gasteiger partial charge on any atom is -0.497 e. The van der Waals surface area contributed by atoms with Crippen LogP contribution in [0, 0.1) is 0 Å². The van der Waals surface area contributed by atoms with Crippen molar-refractivity contribution in [2.75, 3.05) is 7.11 Å². The molecule has 8 heteroatoms. The lowest BCUT2D eigenvalue weighted by Crippen LogP contribution is -2.29. The van der Waals surface area contributed by atoms with Gasteiger partial charge in [0.15, 0.2) is 0 Å². The number of imide groups is 1. The number of hydrogen-bond donors (Lipinski definition) is 1. The highest BCUT2D eigenvalue weighted by Crippen LogP contribution is 2.26. The maximum atomic E-state index is 11.7. The molecular weight excluding hydrogens is 250 g/mol. The number of thiol groups is 1. The van der Waals surface area contributed by atoms with Gasteiger partial charge < -0.3 is 4.74 Å². The number of amides is 2. The maximum absolute atomic E-state index is 11.7. The second kappa shape index (κ2) is 4.15. The second-order valence-electron chi connectivity index (χ2n) is 3.12. The fourth-order valence-corrected chi connectivity index (χ4v) is 1.75. The Bertz CT molecular complexity index is 571. The molecule has 0 saturated carbocycles. The van der Waals surface area contributed by atoms with Gasteiger partial charge >= 0.3 is 0 Å². The first-order valence-corrected chi connectivity index (χ1v) is 5.53. The maximum Gasteiger partial charge on any atom is 0.287 e. The highest BCUT2D eigenvalue weighted by atomic mass is 32.2. The Labute approximate surface area is 97.7 Å². The molecule has 2 rings (SSSR count). The Morgan fingerprint density at radius 2 is 1.76 bits per heavy atom. The quantitative estimate of drug-likeness (QED) is 0.593. The first-order valence-electron chi connectivity index (χ1n) is 4.44. The van der Waals surface area contributed by atoms with E-state index in [2.05, 4.69) is 4.28 Å². The average molecular weight is 257 g/mol. The largest absolute Gasteiger partial charge is 0.497 e. The number of fused-ring (bicyclic) bond motifs is 1. The Morgan fingerprint density at radius 3 is 2.35 bits per heavy atom. The monoisotopic (exact) mass is 257 g/mol. The molecule has 0 aliphatic carbocycles. The topological polar surface area (TPSA) is 90.0 Å². The van der Waals surface area contributed by atoms with Crippen molar-refractivity contribution in [2.45, 2.75) is 0 Å². The lowest BCUT2D eigenvalue weighted by molar-refractivity contribution is -0.00750. The third-order valence-corrected chi connectivity index (χ3v) is 2.50. The number of methoxy groups -OCH3 is 1. The molecule has 1 aliphatic rings. The molecule has 0 atom stereocenters. The smallest absolute Gasteiger partial charge is 0.287 e. The van der Waals surface area contributed by atoms with E-state index < -0.39 is 22.8 Å². The molecule has 0 saturated heterocycles. The average Bonchev–Trinajstić information content (AvgIpc) is 2.53. The minimum atomic E-state index is -3.33. The SMILES string of the molecule is COc1ccc2c(c1)C(=O)N(O[SH](=O)=O)C2=O. The first-order chi connectivity index (χ1) is 8.04. The molecule has 2 amide bonds. The van der Waals surface area contributed by atoms with Crippen LogP contribution in [0.2, 0.25) is 0 Å². The Hall–Kier alpha value is -1.93. The number of carbonyl (C=O) groups excluding carboxylic acids is 2. The Kier molecular flexibility index (Phi) is 2.82. The minimum absolute atomic E-state index is 0.0474. The van der Waals surface area contributed by atoms with Gasteiger partial charge in [-0.15, -0.1) is 9.35 Å².